The van der Waals surface area contributed by atoms with Gasteiger partial charge < -0.3 is 5.32 Å². The first-order chi connectivity index (χ1) is 17.8. The third-order valence-corrected chi connectivity index (χ3v) is 8.09. The van der Waals surface area contributed by atoms with Crippen molar-refractivity contribution in [2.75, 3.05) is 5.32 Å². The van der Waals surface area contributed by atoms with Gasteiger partial charge in [-0.1, -0.05) is 103 Å². The van der Waals surface area contributed by atoms with Crippen LogP contribution in [0.25, 0.3) is 53.2 Å². The number of rotatable bonds is 4. The first kappa shape index (κ1) is 20.9. The Morgan fingerprint density at radius 2 is 0.972 bits per heavy atom. The molecule has 0 bridgehead atoms. The number of benzene rings is 6. The molecule has 0 atom stereocenters. The maximum Gasteiger partial charge on any atom is 0.0433 e. The number of anilines is 2. The van der Waals surface area contributed by atoms with Gasteiger partial charge in [0.25, 0.3) is 0 Å². The molecule has 0 amide bonds. The fraction of sp³-hybridized carbons (Fsp3) is 0. The summed E-state index contributed by atoms with van der Waals surface area (Å²) in [4.78, 5) is 0. The molecule has 2 heteroatoms. The number of thiophene rings is 1. The standard InChI is InChI=1S/C34H23NS/c1-2-9-28-23(7-1)8-5-11-29(28)24-15-19-26(20-16-24)35-27-21-17-25(18-22-27)30-12-6-13-32-31-10-3-4-14-33(31)36-34(30)32/h1-22,35H. The molecule has 0 fully saturated rings. The first-order valence-electron chi connectivity index (χ1n) is 12.2. The summed E-state index contributed by atoms with van der Waals surface area (Å²) in [6.45, 7) is 0. The van der Waals surface area contributed by atoms with Gasteiger partial charge in [-0.15, -0.1) is 11.3 Å². The topological polar surface area (TPSA) is 12.0 Å². The minimum Gasteiger partial charge on any atom is -0.356 e. The van der Waals surface area contributed by atoms with Gasteiger partial charge in [-0.2, -0.15) is 0 Å². The van der Waals surface area contributed by atoms with Crippen LogP contribution in [0.5, 0.6) is 0 Å². The minimum atomic E-state index is 1.08. The Bertz CT molecular complexity index is 1840. The van der Waals surface area contributed by atoms with Gasteiger partial charge in [0.1, 0.15) is 0 Å². The lowest BCUT2D eigenvalue weighted by atomic mass is 9.98. The molecule has 0 aliphatic heterocycles. The molecule has 7 aromatic rings. The summed E-state index contributed by atoms with van der Waals surface area (Å²) in [7, 11) is 0. The van der Waals surface area contributed by atoms with E-state index in [0.717, 1.165) is 11.4 Å². The monoisotopic (exact) mass is 477 g/mol. The molecule has 1 aromatic heterocycles. The fourth-order valence-electron chi connectivity index (χ4n) is 5.08. The molecule has 0 saturated heterocycles. The van der Waals surface area contributed by atoms with Crippen LogP contribution in [0.2, 0.25) is 0 Å². The predicted octanol–water partition coefficient (Wildman–Crippen LogP) is 10.3. The van der Waals surface area contributed by atoms with Crippen molar-refractivity contribution in [3.8, 4) is 22.3 Å². The molecule has 0 aliphatic rings. The van der Waals surface area contributed by atoms with Crippen molar-refractivity contribution in [1.82, 2.24) is 0 Å². The molecule has 6 aromatic carbocycles. The van der Waals surface area contributed by atoms with Crippen molar-refractivity contribution in [3.63, 3.8) is 0 Å². The smallest absolute Gasteiger partial charge is 0.0433 e. The van der Waals surface area contributed by atoms with Crippen LogP contribution in [0.3, 0.4) is 0 Å². The number of hydrogen-bond acceptors (Lipinski definition) is 2. The summed E-state index contributed by atoms with van der Waals surface area (Å²) in [5.74, 6) is 0. The van der Waals surface area contributed by atoms with Crippen molar-refractivity contribution in [2.24, 2.45) is 0 Å². The highest BCUT2D eigenvalue weighted by molar-refractivity contribution is 7.26. The molecule has 0 spiro atoms. The lowest BCUT2D eigenvalue weighted by Gasteiger charge is -2.11. The van der Waals surface area contributed by atoms with E-state index in [-0.39, 0.29) is 0 Å². The minimum absolute atomic E-state index is 1.08. The molecule has 7 rings (SSSR count). The van der Waals surface area contributed by atoms with Gasteiger partial charge in [0.05, 0.1) is 0 Å². The molecular formula is C34H23NS. The normalized spacial score (nSPS) is 11.3. The molecule has 36 heavy (non-hydrogen) atoms. The predicted molar refractivity (Wildman–Crippen MR) is 157 cm³/mol. The van der Waals surface area contributed by atoms with E-state index in [0.29, 0.717) is 0 Å². The van der Waals surface area contributed by atoms with Crippen molar-refractivity contribution in [3.05, 3.63) is 133 Å². The van der Waals surface area contributed by atoms with Crippen molar-refractivity contribution in [2.45, 2.75) is 0 Å². The molecule has 170 valence electrons. The lowest BCUT2D eigenvalue weighted by molar-refractivity contribution is 1.54. The average molecular weight is 478 g/mol. The fourth-order valence-corrected chi connectivity index (χ4v) is 6.32. The zero-order valence-electron chi connectivity index (χ0n) is 19.6. The van der Waals surface area contributed by atoms with Crippen LogP contribution in [0.1, 0.15) is 0 Å². The zero-order valence-corrected chi connectivity index (χ0v) is 20.4. The van der Waals surface area contributed by atoms with Gasteiger partial charge in [-0.3, -0.25) is 0 Å². The number of nitrogens with one attached hydrogen (secondary N) is 1. The highest BCUT2D eigenvalue weighted by Crippen LogP contribution is 2.40. The second-order valence-corrected chi connectivity index (χ2v) is 10.1. The van der Waals surface area contributed by atoms with Gasteiger partial charge in [0.2, 0.25) is 0 Å². The van der Waals surface area contributed by atoms with Crippen LogP contribution in [0.4, 0.5) is 11.4 Å². The second kappa shape index (κ2) is 8.67. The number of fused-ring (bicyclic) bond motifs is 4. The van der Waals surface area contributed by atoms with Crippen LogP contribution >= 0.6 is 11.3 Å². The van der Waals surface area contributed by atoms with Crippen LogP contribution < -0.4 is 5.32 Å². The van der Waals surface area contributed by atoms with E-state index in [4.69, 9.17) is 0 Å². The molecule has 1 heterocycles. The summed E-state index contributed by atoms with van der Waals surface area (Å²) in [5.41, 5.74) is 7.19. The highest BCUT2D eigenvalue weighted by atomic mass is 32.1. The summed E-state index contributed by atoms with van der Waals surface area (Å²) in [6, 6.07) is 47.8. The van der Waals surface area contributed by atoms with Crippen molar-refractivity contribution >= 4 is 53.7 Å². The SMILES string of the molecule is c1ccc2c(-c3ccc(Nc4ccc(-c5cccc6c5sc5ccccc56)cc4)cc3)cccc2c1. The van der Waals surface area contributed by atoms with Crippen LogP contribution in [0, 0.1) is 0 Å². The summed E-state index contributed by atoms with van der Waals surface area (Å²) in [6.07, 6.45) is 0. The van der Waals surface area contributed by atoms with Gasteiger partial charge in [0.15, 0.2) is 0 Å². The number of hydrogen-bond donors (Lipinski definition) is 1. The lowest BCUT2D eigenvalue weighted by Crippen LogP contribution is -1.90. The molecule has 0 aliphatic carbocycles. The van der Waals surface area contributed by atoms with Crippen LogP contribution in [-0.2, 0) is 0 Å². The molecule has 0 radical (unpaired) electrons. The quantitative estimate of drug-likeness (QED) is 0.266. The Morgan fingerprint density at radius 3 is 1.75 bits per heavy atom. The van der Waals surface area contributed by atoms with Crippen LogP contribution in [0.15, 0.2) is 133 Å². The van der Waals surface area contributed by atoms with E-state index >= 15 is 0 Å². The van der Waals surface area contributed by atoms with E-state index in [1.807, 2.05) is 11.3 Å². The van der Waals surface area contributed by atoms with E-state index in [9.17, 15) is 0 Å². The highest BCUT2D eigenvalue weighted by Gasteiger charge is 2.10. The van der Waals surface area contributed by atoms with E-state index < -0.39 is 0 Å². The summed E-state index contributed by atoms with van der Waals surface area (Å²) < 4.78 is 2.69. The Morgan fingerprint density at radius 1 is 0.417 bits per heavy atom. The maximum absolute atomic E-state index is 3.56. The zero-order chi connectivity index (χ0) is 23.9. The van der Waals surface area contributed by atoms with E-state index in [2.05, 4.69) is 139 Å². The molecule has 1 nitrogen and oxygen atoms in total. The largest absolute Gasteiger partial charge is 0.356 e. The van der Waals surface area contributed by atoms with Crippen molar-refractivity contribution < 1.29 is 0 Å². The Kier molecular flexibility index (Phi) is 5.04. The maximum atomic E-state index is 3.56. The second-order valence-electron chi connectivity index (χ2n) is 9.09. The molecule has 0 saturated carbocycles. The van der Waals surface area contributed by atoms with Gasteiger partial charge >= 0.3 is 0 Å². The molecule has 1 N–H and O–H groups in total. The first-order valence-corrected chi connectivity index (χ1v) is 13.0. The van der Waals surface area contributed by atoms with Gasteiger partial charge in [0, 0.05) is 31.5 Å². The van der Waals surface area contributed by atoms with Gasteiger partial charge in [-0.25, -0.2) is 0 Å². The van der Waals surface area contributed by atoms with Gasteiger partial charge in [-0.05, 0) is 63.4 Å². The summed E-state index contributed by atoms with van der Waals surface area (Å²) in [5, 5.41) is 8.78. The average Bonchev–Trinajstić information content (AvgIpc) is 3.33. The molecular weight excluding hydrogens is 454 g/mol. The Labute approximate surface area is 214 Å². The summed E-state index contributed by atoms with van der Waals surface area (Å²) >= 11 is 1.87. The Balaban J connectivity index is 1.16. The Hall–Kier alpha value is -4.40. The van der Waals surface area contributed by atoms with E-state index in [1.54, 1.807) is 0 Å². The third kappa shape index (κ3) is 3.64. The van der Waals surface area contributed by atoms with Crippen molar-refractivity contribution in [1.29, 1.82) is 0 Å². The third-order valence-electron chi connectivity index (χ3n) is 6.87. The molecule has 0 unspecified atom stereocenters. The van der Waals surface area contributed by atoms with Crippen LogP contribution in [-0.4, -0.2) is 0 Å². The van der Waals surface area contributed by atoms with E-state index in [1.165, 1.54) is 53.2 Å².